The summed E-state index contributed by atoms with van der Waals surface area (Å²) >= 11 is 0. The molecule has 3 nitrogen and oxygen atoms in total. The van der Waals surface area contributed by atoms with Crippen molar-refractivity contribution < 1.29 is 14.7 Å². The summed E-state index contributed by atoms with van der Waals surface area (Å²) in [6, 6.07) is 8.93. The van der Waals surface area contributed by atoms with Gasteiger partial charge in [-0.05, 0) is 6.42 Å². The summed E-state index contributed by atoms with van der Waals surface area (Å²) in [6.45, 7) is 1.61. The van der Waals surface area contributed by atoms with Crippen molar-refractivity contribution >= 4 is 11.8 Å². The van der Waals surface area contributed by atoms with Gasteiger partial charge < -0.3 is 5.11 Å². The van der Waals surface area contributed by atoms with E-state index in [1.165, 1.54) is 0 Å². The van der Waals surface area contributed by atoms with Crippen LogP contribution in [-0.4, -0.2) is 16.9 Å². The number of hydrogen-bond donors (Lipinski definition) is 1. The van der Waals surface area contributed by atoms with Crippen molar-refractivity contribution in [2.24, 2.45) is 5.92 Å². The predicted octanol–water partition coefficient (Wildman–Crippen LogP) is 2.37. The summed E-state index contributed by atoms with van der Waals surface area (Å²) in [4.78, 5) is 22.1. The number of rotatable bonds is 5. The molecule has 0 unspecified atom stereocenters. The molecule has 0 spiro atoms. The second-order valence-corrected chi connectivity index (χ2v) is 3.57. The Hall–Kier alpha value is -1.64. The van der Waals surface area contributed by atoms with E-state index in [0.717, 1.165) is 0 Å². The van der Waals surface area contributed by atoms with Crippen LogP contribution in [0.4, 0.5) is 0 Å². The van der Waals surface area contributed by atoms with Gasteiger partial charge in [-0.2, -0.15) is 0 Å². The normalized spacial score (nSPS) is 12.1. The zero-order valence-corrected chi connectivity index (χ0v) is 8.64. The number of ketones is 1. The first kappa shape index (κ1) is 11.4. The van der Waals surface area contributed by atoms with E-state index in [2.05, 4.69) is 0 Å². The predicted molar refractivity (Wildman–Crippen MR) is 56.8 cm³/mol. The standard InChI is InChI=1S/C12H14O3/c1-9(12(14)15)7-8-11(13)10-5-3-2-4-6-10/h2-6,9H,7-8H2,1H3,(H,14,15)/t9-/m0/s1. The number of hydrogen-bond acceptors (Lipinski definition) is 2. The Morgan fingerprint density at radius 2 is 1.87 bits per heavy atom. The minimum atomic E-state index is -0.851. The molecule has 0 aliphatic rings. The van der Waals surface area contributed by atoms with Crippen LogP contribution in [0.5, 0.6) is 0 Å². The molecule has 1 aromatic rings. The van der Waals surface area contributed by atoms with E-state index in [1.54, 1.807) is 31.2 Å². The van der Waals surface area contributed by atoms with Gasteiger partial charge in [0.25, 0.3) is 0 Å². The molecule has 0 bridgehead atoms. The van der Waals surface area contributed by atoms with Gasteiger partial charge >= 0.3 is 5.97 Å². The van der Waals surface area contributed by atoms with Crippen LogP contribution in [0.1, 0.15) is 30.1 Å². The van der Waals surface area contributed by atoms with Crippen LogP contribution in [0.3, 0.4) is 0 Å². The number of carboxylic acids is 1. The van der Waals surface area contributed by atoms with Crippen LogP contribution in [0.2, 0.25) is 0 Å². The third-order valence-corrected chi connectivity index (χ3v) is 2.32. The van der Waals surface area contributed by atoms with Gasteiger partial charge in [0.2, 0.25) is 0 Å². The minimum absolute atomic E-state index is 0.00343. The highest BCUT2D eigenvalue weighted by Gasteiger charge is 2.13. The average Bonchev–Trinajstić information content (AvgIpc) is 2.26. The highest BCUT2D eigenvalue weighted by Crippen LogP contribution is 2.10. The molecule has 0 heterocycles. The fourth-order valence-corrected chi connectivity index (χ4v) is 1.24. The first-order valence-electron chi connectivity index (χ1n) is 4.92. The molecule has 80 valence electrons. The molecule has 0 aromatic heterocycles. The monoisotopic (exact) mass is 206 g/mol. The topological polar surface area (TPSA) is 54.4 Å². The first-order chi connectivity index (χ1) is 7.11. The molecular formula is C12H14O3. The van der Waals surface area contributed by atoms with Gasteiger partial charge in [-0.3, -0.25) is 9.59 Å². The Morgan fingerprint density at radius 3 is 2.40 bits per heavy atom. The van der Waals surface area contributed by atoms with Gasteiger partial charge in [-0.25, -0.2) is 0 Å². The lowest BCUT2D eigenvalue weighted by atomic mass is 10.0. The quantitative estimate of drug-likeness (QED) is 0.752. The molecule has 15 heavy (non-hydrogen) atoms. The molecule has 0 amide bonds. The summed E-state index contributed by atoms with van der Waals surface area (Å²) in [5, 5.41) is 8.65. The molecule has 3 heteroatoms. The summed E-state index contributed by atoms with van der Waals surface area (Å²) in [5.74, 6) is -1.31. The summed E-state index contributed by atoms with van der Waals surface area (Å²) in [6.07, 6.45) is 0.681. The number of aliphatic carboxylic acids is 1. The van der Waals surface area contributed by atoms with Crippen molar-refractivity contribution in [3.63, 3.8) is 0 Å². The summed E-state index contributed by atoms with van der Waals surface area (Å²) < 4.78 is 0. The van der Waals surface area contributed by atoms with E-state index in [1.807, 2.05) is 6.07 Å². The van der Waals surface area contributed by atoms with Crippen LogP contribution < -0.4 is 0 Å². The zero-order chi connectivity index (χ0) is 11.3. The highest BCUT2D eigenvalue weighted by molar-refractivity contribution is 5.96. The Kier molecular flexibility index (Phi) is 4.03. The van der Waals surface area contributed by atoms with Crippen molar-refractivity contribution in [1.29, 1.82) is 0 Å². The lowest BCUT2D eigenvalue weighted by Crippen LogP contribution is -2.11. The van der Waals surface area contributed by atoms with Gasteiger partial charge in [0.05, 0.1) is 5.92 Å². The van der Waals surface area contributed by atoms with Crippen molar-refractivity contribution in [3.8, 4) is 0 Å². The number of carbonyl (C=O) groups is 2. The second kappa shape index (κ2) is 5.29. The van der Waals surface area contributed by atoms with Gasteiger partial charge in [0.1, 0.15) is 0 Å². The fourth-order valence-electron chi connectivity index (χ4n) is 1.24. The van der Waals surface area contributed by atoms with Crippen molar-refractivity contribution in [1.82, 2.24) is 0 Å². The molecule has 0 saturated heterocycles. The fraction of sp³-hybridized carbons (Fsp3) is 0.333. The molecule has 1 rings (SSSR count). The largest absolute Gasteiger partial charge is 0.481 e. The molecule has 0 aliphatic carbocycles. The maximum atomic E-state index is 11.6. The average molecular weight is 206 g/mol. The number of Topliss-reactive ketones (excluding diaryl/α,β-unsaturated/α-hetero) is 1. The van der Waals surface area contributed by atoms with Crippen molar-refractivity contribution in [2.75, 3.05) is 0 Å². The molecule has 0 saturated carbocycles. The smallest absolute Gasteiger partial charge is 0.306 e. The van der Waals surface area contributed by atoms with E-state index in [9.17, 15) is 9.59 Å². The van der Waals surface area contributed by atoms with Crippen LogP contribution in [0.25, 0.3) is 0 Å². The Bertz CT molecular complexity index is 343. The lowest BCUT2D eigenvalue weighted by Gasteiger charge is -2.04. The second-order valence-electron chi connectivity index (χ2n) is 3.57. The zero-order valence-electron chi connectivity index (χ0n) is 8.64. The van der Waals surface area contributed by atoms with Gasteiger partial charge in [-0.1, -0.05) is 37.3 Å². The molecule has 0 aliphatic heterocycles. The molecule has 1 aromatic carbocycles. The summed E-state index contributed by atoms with van der Waals surface area (Å²) in [7, 11) is 0. The summed E-state index contributed by atoms with van der Waals surface area (Å²) in [5.41, 5.74) is 0.648. The van der Waals surface area contributed by atoms with Gasteiger partial charge in [0.15, 0.2) is 5.78 Å². The van der Waals surface area contributed by atoms with Gasteiger partial charge in [-0.15, -0.1) is 0 Å². The van der Waals surface area contributed by atoms with Crippen molar-refractivity contribution in [3.05, 3.63) is 35.9 Å². The Labute approximate surface area is 88.7 Å². The maximum Gasteiger partial charge on any atom is 0.306 e. The minimum Gasteiger partial charge on any atom is -0.481 e. The van der Waals surface area contributed by atoms with E-state index >= 15 is 0 Å². The van der Waals surface area contributed by atoms with Crippen molar-refractivity contribution in [2.45, 2.75) is 19.8 Å². The molecule has 0 radical (unpaired) electrons. The van der Waals surface area contributed by atoms with Crippen LogP contribution >= 0.6 is 0 Å². The molecule has 0 fully saturated rings. The number of carboxylic acid groups (broad SMARTS) is 1. The molecular weight excluding hydrogens is 192 g/mol. The lowest BCUT2D eigenvalue weighted by molar-refractivity contribution is -0.141. The molecule has 1 atom stereocenters. The Balaban J connectivity index is 2.47. The first-order valence-corrected chi connectivity index (χ1v) is 4.92. The van der Waals surface area contributed by atoms with Crippen LogP contribution in [0.15, 0.2) is 30.3 Å². The van der Waals surface area contributed by atoms with E-state index in [4.69, 9.17) is 5.11 Å². The number of carbonyl (C=O) groups excluding carboxylic acids is 1. The van der Waals surface area contributed by atoms with E-state index in [-0.39, 0.29) is 12.2 Å². The SMILES string of the molecule is C[C@@H](CCC(=O)c1ccccc1)C(=O)O. The van der Waals surface area contributed by atoms with Gasteiger partial charge in [0, 0.05) is 12.0 Å². The maximum absolute atomic E-state index is 11.6. The molecule has 1 N–H and O–H groups in total. The van der Waals surface area contributed by atoms with E-state index < -0.39 is 11.9 Å². The van der Waals surface area contributed by atoms with Crippen LogP contribution in [-0.2, 0) is 4.79 Å². The van der Waals surface area contributed by atoms with E-state index in [0.29, 0.717) is 12.0 Å². The highest BCUT2D eigenvalue weighted by atomic mass is 16.4. The van der Waals surface area contributed by atoms with Crippen LogP contribution in [0, 0.1) is 5.92 Å². The third kappa shape index (κ3) is 3.54. The third-order valence-electron chi connectivity index (χ3n) is 2.32. The number of benzene rings is 1. The Morgan fingerprint density at radius 1 is 1.27 bits per heavy atom.